The van der Waals surface area contributed by atoms with Crippen LogP contribution in [0.3, 0.4) is 0 Å². The number of hydrogen-bond donors (Lipinski definition) is 2. The van der Waals surface area contributed by atoms with Crippen LogP contribution >= 0.6 is 24.0 Å². The summed E-state index contributed by atoms with van der Waals surface area (Å²) in [5, 5.41) is 6.93. The monoisotopic (exact) mass is 546 g/mol. The predicted octanol–water partition coefficient (Wildman–Crippen LogP) is 3.60. The summed E-state index contributed by atoms with van der Waals surface area (Å²) in [6, 6.07) is 6.52. The predicted molar refractivity (Wildman–Crippen MR) is 137 cm³/mol. The van der Waals surface area contributed by atoms with Crippen LogP contribution in [0.15, 0.2) is 23.2 Å². The number of nitrogens with one attached hydrogen (secondary N) is 2. The van der Waals surface area contributed by atoms with Gasteiger partial charge in [0, 0.05) is 26.7 Å². The molecule has 7 nitrogen and oxygen atoms in total. The van der Waals surface area contributed by atoms with Crippen molar-refractivity contribution in [1.29, 1.82) is 0 Å². The normalized spacial score (nSPS) is 14.4. The average Bonchev–Trinajstić information content (AvgIpc) is 2.75. The highest BCUT2D eigenvalue weighted by atomic mass is 127. The first-order chi connectivity index (χ1) is 14.5. The molecule has 8 heteroatoms. The maximum atomic E-state index is 11.9. The van der Waals surface area contributed by atoms with Gasteiger partial charge in [0.05, 0.1) is 13.7 Å². The van der Waals surface area contributed by atoms with E-state index in [0.717, 1.165) is 49.7 Å². The highest BCUT2D eigenvalue weighted by molar-refractivity contribution is 14.0. The highest BCUT2D eigenvalue weighted by Crippen LogP contribution is 2.28. The van der Waals surface area contributed by atoms with E-state index in [1.54, 1.807) is 26.1 Å². The van der Waals surface area contributed by atoms with E-state index in [0.29, 0.717) is 12.6 Å². The van der Waals surface area contributed by atoms with Crippen LogP contribution in [-0.2, 0) is 11.2 Å². The molecule has 2 rings (SSSR count). The molecule has 1 saturated carbocycles. The molecule has 1 amide bonds. The Morgan fingerprint density at radius 2 is 1.94 bits per heavy atom. The van der Waals surface area contributed by atoms with Gasteiger partial charge in [-0.25, -0.2) is 4.99 Å². The van der Waals surface area contributed by atoms with Crippen LogP contribution in [0, 0.1) is 0 Å². The smallest absolute Gasteiger partial charge is 0.243 e. The van der Waals surface area contributed by atoms with Gasteiger partial charge in [0.25, 0.3) is 0 Å². The van der Waals surface area contributed by atoms with E-state index >= 15 is 0 Å². The van der Waals surface area contributed by atoms with Crippen molar-refractivity contribution in [3.63, 3.8) is 0 Å². The van der Waals surface area contributed by atoms with Crippen LogP contribution < -0.4 is 20.1 Å². The van der Waals surface area contributed by atoms with Crippen LogP contribution in [-0.4, -0.2) is 63.7 Å². The van der Waals surface area contributed by atoms with Gasteiger partial charge in [-0.1, -0.05) is 25.3 Å². The summed E-state index contributed by atoms with van der Waals surface area (Å²) < 4.78 is 11.0. The molecule has 0 aliphatic heterocycles. The number of methoxy groups -OCH3 is 1. The molecule has 0 spiro atoms. The molecule has 1 aliphatic carbocycles. The van der Waals surface area contributed by atoms with E-state index in [1.807, 2.05) is 19.1 Å². The van der Waals surface area contributed by atoms with Gasteiger partial charge in [-0.2, -0.15) is 0 Å². The SMILES string of the molecule is CCOc1cc(CCCNC(=NCC(=O)N(C)C)NC2CCCCC2)ccc1OC.I. The molecule has 0 saturated heterocycles. The van der Waals surface area contributed by atoms with Gasteiger partial charge in [0.2, 0.25) is 5.91 Å². The summed E-state index contributed by atoms with van der Waals surface area (Å²) in [7, 11) is 5.17. The van der Waals surface area contributed by atoms with Gasteiger partial charge in [0.15, 0.2) is 17.5 Å². The number of carbonyl (C=O) groups excluding carboxylic acids is 1. The topological polar surface area (TPSA) is 75.2 Å². The van der Waals surface area contributed by atoms with Crippen LogP contribution in [0.5, 0.6) is 11.5 Å². The zero-order chi connectivity index (χ0) is 21.8. The first-order valence-electron chi connectivity index (χ1n) is 11.1. The minimum absolute atomic E-state index is 0. The Hall–Kier alpha value is -1.71. The number of nitrogens with zero attached hydrogens (tertiary/aromatic N) is 2. The maximum Gasteiger partial charge on any atom is 0.243 e. The molecular weight excluding hydrogens is 507 g/mol. The number of guanidine groups is 1. The second kappa shape index (κ2) is 15.2. The number of halogens is 1. The molecule has 176 valence electrons. The van der Waals surface area contributed by atoms with Crippen molar-refractivity contribution in [2.24, 2.45) is 4.99 Å². The molecule has 1 aromatic carbocycles. The number of carbonyl (C=O) groups is 1. The number of ether oxygens (including phenoxy) is 2. The molecule has 31 heavy (non-hydrogen) atoms. The standard InChI is InChI=1S/C23H38N4O3.HI/c1-5-30-21-16-18(13-14-20(21)29-4)10-9-15-24-23(25-17-22(28)27(2)3)26-19-11-7-6-8-12-19;/h13-14,16,19H,5-12,15,17H2,1-4H3,(H2,24,25,26);1H. The van der Waals surface area contributed by atoms with Crippen molar-refractivity contribution in [3.05, 3.63) is 23.8 Å². The van der Waals surface area contributed by atoms with Crippen LogP contribution in [0.25, 0.3) is 0 Å². The first-order valence-corrected chi connectivity index (χ1v) is 11.1. The molecule has 0 unspecified atom stereocenters. The zero-order valence-corrected chi connectivity index (χ0v) is 21.7. The number of aryl methyl sites for hydroxylation is 1. The van der Waals surface area contributed by atoms with Crippen LogP contribution in [0.1, 0.15) is 51.0 Å². The van der Waals surface area contributed by atoms with Gasteiger partial charge < -0.3 is 25.0 Å². The Balaban J connectivity index is 0.00000480. The van der Waals surface area contributed by atoms with Gasteiger partial charge in [-0.3, -0.25) is 4.79 Å². The van der Waals surface area contributed by atoms with Crippen molar-refractivity contribution in [2.75, 3.05) is 40.9 Å². The number of likely N-dealkylation sites (N-methyl/N-ethyl adjacent to an activating group) is 1. The fourth-order valence-corrected chi connectivity index (χ4v) is 3.53. The lowest BCUT2D eigenvalue weighted by atomic mass is 9.96. The Labute approximate surface area is 204 Å². The summed E-state index contributed by atoms with van der Waals surface area (Å²) >= 11 is 0. The van der Waals surface area contributed by atoms with Gasteiger partial charge in [-0.05, 0) is 50.3 Å². The summed E-state index contributed by atoms with van der Waals surface area (Å²) in [5.74, 6) is 2.28. The number of aliphatic imine (C=N–C) groups is 1. The van der Waals surface area contributed by atoms with E-state index in [9.17, 15) is 4.79 Å². The Morgan fingerprint density at radius 1 is 1.19 bits per heavy atom. The minimum Gasteiger partial charge on any atom is -0.493 e. The molecule has 0 heterocycles. The summed E-state index contributed by atoms with van der Waals surface area (Å²) in [6.45, 7) is 3.52. The summed E-state index contributed by atoms with van der Waals surface area (Å²) in [6.07, 6.45) is 8.00. The van der Waals surface area contributed by atoms with Crippen molar-refractivity contribution in [2.45, 2.75) is 57.9 Å². The highest BCUT2D eigenvalue weighted by Gasteiger charge is 2.15. The number of benzene rings is 1. The Morgan fingerprint density at radius 3 is 2.58 bits per heavy atom. The van der Waals surface area contributed by atoms with E-state index < -0.39 is 0 Å². The second-order valence-electron chi connectivity index (χ2n) is 7.88. The fraction of sp³-hybridized carbons (Fsp3) is 0.652. The molecule has 0 radical (unpaired) electrons. The van der Waals surface area contributed by atoms with Crippen molar-refractivity contribution >= 4 is 35.8 Å². The molecular formula is C23H39IN4O3. The van der Waals surface area contributed by atoms with Crippen molar-refractivity contribution in [1.82, 2.24) is 15.5 Å². The Kier molecular flexibility index (Phi) is 13.4. The quantitative estimate of drug-likeness (QED) is 0.203. The molecule has 2 N–H and O–H groups in total. The van der Waals surface area contributed by atoms with Gasteiger partial charge in [-0.15, -0.1) is 24.0 Å². The van der Waals surface area contributed by atoms with E-state index in [1.165, 1.54) is 24.8 Å². The van der Waals surface area contributed by atoms with E-state index in [-0.39, 0.29) is 36.4 Å². The maximum absolute atomic E-state index is 11.9. The lowest BCUT2D eigenvalue weighted by Crippen LogP contribution is -2.45. The minimum atomic E-state index is 0. The summed E-state index contributed by atoms with van der Waals surface area (Å²) in [4.78, 5) is 18.0. The third-order valence-corrected chi connectivity index (χ3v) is 5.28. The lowest BCUT2D eigenvalue weighted by Gasteiger charge is -2.25. The van der Waals surface area contributed by atoms with Gasteiger partial charge >= 0.3 is 0 Å². The first kappa shape index (κ1) is 27.3. The lowest BCUT2D eigenvalue weighted by molar-refractivity contribution is -0.127. The van der Waals surface area contributed by atoms with Crippen molar-refractivity contribution in [3.8, 4) is 11.5 Å². The number of amides is 1. The van der Waals surface area contributed by atoms with Crippen LogP contribution in [0.2, 0.25) is 0 Å². The zero-order valence-electron chi connectivity index (χ0n) is 19.4. The molecule has 1 fully saturated rings. The van der Waals surface area contributed by atoms with Gasteiger partial charge in [0.1, 0.15) is 6.54 Å². The second-order valence-corrected chi connectivity index (χ2v) is 7.88. The molecule has 1 aromatic rings. The van der Waals surface area contributed by atoms with Crippen LogP contribution in [0.4, 0.5) is 0 Å². The fourth-order valence-electron chi connectivity index (χ4n) is 3.53. The third-order valence-electron chi connectivity index (χ3n) is 5.28. The third kappa shape index (κ3) is 9.97. The number of rotatable bonds is 10. The van der Waals surface area contributed by atoms with E-state index in [2.05, 4.69) is 21.7 Å². The molecule has 1 aliphatic rings. The summed E-state index contributed by atoms with van der Waals surface area (Å²) in [5.41, 5.74) is 1.21. The molecule has 0 atom stereocenters. The largest absolute Gasteiger partial charge is 0.493 e. The molecule has 0 aromatic heterocycles. The van der Waals surface area contributed by atoms with Crippen molar-refractivity contribution < 1.29 is 14.3 Å². The van der Waals surface area contributed by atoms with E-state index in [4.69, 9.17) is 9.47 Å². The Bertz CT molecular complexity index is 691. The average molecular weight is 546 g/mol. The number of hydrogen-bond acceptors (Lipinski definition) is 4. The molecule has 0 bridgehead atoms.